The average molecular weight is 296 g/mol. The van der Waals surface area contributed by atoms with E-state index >= 15 is 0 Å². The Hall–Kier alpha value is -0.940. The lowest BCUT2D eigenvalue weighted by Gasteiger charge is -2.23. The highest BCUT2D eigenvalue weighted by molar-refractivity contribution is 5.22. The lowest BCUT2D eigenvalue weighted by atomic mass is 10.0. The van der Waals surface area contributed by atoms with Crippen molar-refractivity contribution in [1.29, 1.82) is 0 Å². The Morgan fingerprint density at radius 3 is 2.81 bits per heavy atom. The SMILES string of the molecule is C=CCCCC=C=C1[C@H]2OC(C)(C)O[C@H]2O[C@@H]1[C@H](O)CO. The van der Waals surface area contributed by atoms with E-state index in [0.717, 1.165) is 19.3 Å². The molecule has 118 valence electrons. The highest BCUT2D eigenvalue weighted by Crippen LogP contribution is 2.40. The summed E-state index contributed by atoms with van der Waals surface area (Å²) in [7, 11) is 0. The molecule has 0 aromatic rings. The minimum Gasteiger partial charge on any atom is -0.394 e. The summed E-state index contributed by atoms with van der Waals surface area (Å²) >= 11 is 0. The summed E-state index contributed by atoms with van der Waals surface area (Å²) in [5, 5.41) is 19.0. The molecule has 2 aliphatic rings. The summed E-state index contributed by atoms with van der Waals surface area (Å²) < 4.78 is 17.1. The Labute approximate surface area is 125 Å². The number of allylic oxidation sites excluding steroid dienone is 1. The first-order chi connectivity index (χ1) is 9.98. The van der Waals surface area contributed by atoms with Crippen molar-refractivity contribution in [2.24, 2.45) is 0 Å². The van der Waals surface area contributed by atoms with E-state index in [1.807, 2.05) is 26.0 Å². The number of ether oxygens (including phenoxy) is 3. The molecule has 0 bridgehead atoms. The molecule has 0 spiro atoms. The fourth-order valence-electron chi connectivity index (χ4n) is 2.53. The predicted octanol–water partition coefficient (Wildman–Crippen LogP) is 1.65. The molecule has 0 aromatic carbocycles. The fraction of sp³-hybridized carbons (Fsp3) is 0.688. The van der Waals surface area contributed by atoms with E-state index in [2.05, 4.69) is 12.3 Å². The maximum absolute atomic E-state index is 9.88. The van der Waals surface area contributed by atoms with Crippen molar-refractivity contribution < 1.29 is 24.4 Å². The standard InChI is InChI=1S/C16H24O5/c1-4-5-6-7-8-9-11-13(12(18)10-17)19-15-14(11)20-16(2,3)21-15/h4,8,12-15,17-18H,1,5-7,10H2,2-3H3/t9?,12-,13+,14-,15-/m1/s1. The van der Waals surface area contributed by atoms with E-state index < -0.39 is 24.3 Å². The van der Waals surface area contributed by atoms with Crippen LogP contribution in [0.25, 0.3) is 0 Å². The molecule has 0 amide bonds. The molecule has 0 radical (unpaired) electrons. The van der Waals surface area contributed by atoms with Gasteiger partial charge < -0.3 is 24.4 Å². The Morgan fingerprint density at radius 1 is 1.38 bits per heavy atom. The average Bonchev–Trinajstić information content (AvgIpc) is 2.90. The quantitative estimate of drug-likeness (QED) is 0.443. The van der Waals surface area contributed by atoms with E-state index in [1.165, 1.54) is 0 Å². The Morgan fingerprint density at radius 2 is 2.14 bits per heavy atom. The van der Waals surface area contributed by atoms with Crippen molar-refractivity contribution in [3.8, 4) is 0 Å². The van der Waals surface area contributed by atoms with Gasteiger partial charge in [0.25, 0.3) is 0 Å². The van der Waals surface area contributed by atoms with Gasteiger partial charge in [-0.3, -0.25) is 0 Å². The second kappa shape index (κ2) is 6.88. The summed E-state index contributed by atoms with van der Waals surface area (Å²) in [5.74, 6) is -0.722. The Balaban J connectivity index is 2.14. The van der Waals surface area contributed by atoms with Crippen molar-refractivity contribution in [3.05, 3.63) is 30.0 Å². The number of unbranched alkanes of at least 4 members (excludes halogenated alkanes) is 2. The van der Waals surface area contributed by atoms with Gasteiger partial charge in [-0.1, -0.05) is 6.08 Å². The van der Waals surface area contributed by atoms with Crippen LogP contribution in [0.3, 0.4) is 0 Å². The first kappa shape index (κ1) is 16.4. The van der Waals surface area contributed by atoms with Crippen LogP contribution in [0.5, 0.6) is 0 Å². The Bertz CT molecular complexity index is 436. The van der Waals surface area contributed by atoms with Gasteiger partial charge in [0.15, 0.2) is 12.1 Å². The highest BCUT2D eigenvalue weighted by atomic mass is 16.8. The molecule has 5 nitrogen and oxygen atoms in total. The third-order valence-electron chi connectivity index (χ3n) is 3.51. The molecule has 21 heavy (non-hydrogen) atoms. The first-order valence-electron chi connectivity index (χ1n) is 7.34. The smallest absolute Gasteiger partial charge is 0.192 e. The topological polar surface area (TPSA) is 68.2 Å². The van der Waals surface area contributed by atoms with Gasteiger partial charge in [0.1, 0.15) is 18.3 Å². The van der Waals surface area contributed by atoms with Gasteiger partial charge in [-0.05, 0) is 39.2 Å². The van der Waals surface area contributed by atoms with Crippen molar-refractivity contribution in [1.82, 2.24) is 0 Å². The maximum Gasteiger partial charge on any atom is 0.192 e. The normalized spacial score (nSPS) is 31.6. The van der Waals surface area contributed by atoms with E-state index in [4.69, 9.17) is 19.3 Å². The molecule has 5 heteroatoms. The molecule has 0 aromatic heterocycles. The first-order valence-corrected chi connectivity index (χ1v) is 7.34. The second-order valence-corrected chi connectivity index (χ2v) is 5.75. The number of hydrogen-bond donors (Lipinski definition) is 2. The monoisotopic (exact) mass is 296 g/mol. The molecule has 2 N–H and O–H groups in total. The maximum atomic E-state index is 9.88. The van der Waals surface area contributed by atoms with Crippen LogP contribution in [0.1, 0.15) is 33.1 Å². The zero-order chi connectivity index (χ0) is 15.5. The van der Waals surface area contributed by atoms with Crippen LogP contribution in [0, 0.1) is 0 Å². The van der Waals surface area contributed by atoms with E-state index in [0.29, 0.717) is 5.57 Å². The van der Waals surface area contributed by atoms with Gasteiger partial charge in [-0.15, -0.1) is 12.3 Å². The summed E-state index contributed by atoms with van der Waals surface area (Å²) in [6.07, 6.45) is 4.00. The fourth-order valence-corrected chi connectivity index (χ4v) is 2.53. The van der Waals surface area contributed by atoms with Crippen LogP contribution in [-0.2, 0) is 14.2 Å². The van der Waals surface area contributed by atoms with Crippen LogP contribution in [0.4, 0.5) is 0 Å². The van der Waals surface area contributed by atoms with Crippen molar-refractivity contribution >= 4 is 0 Å². The van der Waals surface area contributed by atoms with Gasteiger partial charge in [-0.2, -0.15) is 0 Å². The van der Waals surface area contributed by atoms with Crippen LogP contribution in [-0.4, -0.2) is 47.2 Å². The number of fused-ring (bicyclic) bond motifs is 1. The molecule has 2 rings (SSSR count). The van der Waals surface area contributed by atoms with Gasteiger partial charge >= 0.3 is 0 Å². The van der Waals surface area contributed by atoms with Crippen LogP contribution in [0.15, 0.2) is 30.0 Å². The Kier molecular flexibility index (Phi) is 5.38. The van der Waals surface area contributed by atoms with E-state index in [9.17, 15) is 5.11 Å². The molecule has 4 atom stereocenters. The molecule has 0 aliphatic carbocycles. The zero-order valence-electron chi connectivity index (χ0n) is 12.6. The van der Waals surface area contributed by atoms with Crippen LogP contribution < -0.4 is 0 Å². The van der Waals surface area contributed by atoms with Crippen molar-refractivity contribution in [2.75, 3.05) is 6.61 Å². The highest BCUT2D eigenvalue weighted by Gasteiger charge is 2.53. The number of aliphatic hydroxyl groups is 2. The van der Waals surface area contributed by atoms with Crippen LogP contribution >= 0.6 is 0 Å². The molecule has 2 saturated heterocycles. The minimum atomic E-state index is -1.00. The molecular weight excluding hydrogens is 272 g/mol. The molecule has 2 aliphatic heterocycles. The second-order valence-electron chi connectivity index (χ2n) is 5.75. The molecule has 2 fully saturated rings. The van der Waals surface area contributed by atoms with E-state index in [-0.39, 0.29) is 12.7 Å². The third-order valence-corrected chi connectivity index (χ3v) is 3.51. The molecule has 0 saturated carbocycles. The van der Waals surface area contributed by atoms with Gasteiger partial charge in [-0.25, -0.2) is 0 Å². The lowest BCUT2D eigenvalue weighted by molar-refractivity contribution is -0.209. The largest absolute Gasteiger partial charge is 0.394 e. The minimum absolute atomic E-state index is 0.380. The van der Waals surface area contributed by atoms with Gasteiger partial charge in [0.2, 0.25) is 0 Å². The molecule has 2 heterocycles. The number of hydrogen-bond acceptors (Lipinski definition) is 5. The van der Waals surface area contributed by atoms with Crippen molar-refractivity contribution in [3.63, 3.8) is 0 Å². The van der Waals surface area contributed by atoms with Gasteiger partial charge in [0, 0.05) is 5.57 Å². The molecular formula is C16H24O5. The summed E-state index contributed by atoms with van der Waals surface area (Å²) in [4.78, 5) is 0. The number of aliphatic hydroxyl groups excluding tert-OH is 2. The molecule has 0 unspecified atom stereocenters. The third kappa shape index (κ3) is 3.83. The zero-order valence-corrected chi connectivity index (χ0v) is 12.6. The lowest BCUT2D eigenvalue weighted by Crippen LogP contribution is -2.34. The summed E-state index contributed by atoms with van der Waals surface area (Å²) in [6, 6.07) is 0. The summed E-state index contributed by atoms with van der Waals surface area (Å²) in [6.45, 7) is 6.94. The van der Waals surface area contributed by atoms with Crippen LogP contribution in [0.2, 0.25) is 0 Å². The van der Waals surface area contributed by atoms with Crippen molar-refractivity contribution in [2.45, 2.75) is 63.5 Å². The number of rotatable bonds is 6. The predicted molar refractivity (Wildman–Crippen MR) is 77.4 cm³/mol. The van der Waals surface area contributed by atoms with E-state index in [1.54, 1.807) is 0 Å². The summed E-state index contributed by atoms with van der Waals surface area (Å²) in [5.41, 5.74) is 3.87. The van der Waals surface area contributed by atoms with Gasteiger partial charge in [0.05, 0.1) is 6.61 Å².